The van der Waals surface area contributed by atoms with E-state index >= 15 is 0 Å². The minimum absolute atomic E-state index is 0.379. The highest BCUT2D eigenvalue weighted by molar-refractivity contribution is 6.51. The second kappa shape index (κ2) is 3.82. The van der Waals surface area contributed by atoms with E-state index in [0.29, 0.717) is 5.69 Å². The van der Waals surface area contributed by atoms with E-state index in [1.54, 1.807) is 25.3 Å². The van der Waals surface area contributed by atoms with E-state index in [1.807, 2.05) is 6.07 Å². The van der Waals surface area contributed by atoms with Crippen LogP contribution in [0.2, 0.25) is 0 Å². The van der Waals surface area contributed by atoms with Crippen LogP contribution in [0.3, 0.4) is 0 Å². The van der Waals surface area contributed by atoms with Crippen LogP contribution in [-0.4, -0.2) is 10.4 Å². The van der Waals surface area contributed by atoms with Gasteiger partial charge in [-0.1, -0.05) is 29.3 Å². The molecule has 0 saturated heterocycles. The van der Waals surface area contributed by atoms with Crippen molar-refractivity contribution in [2.24, 2.45) is 0 Å². The molecular formula is C8H8Cl3N. The van der Waals surface area contributed by atoms with Crippen molar-refractivity contribution in [3.05, 3.63) is 30.1 Å². The Morgan fingerprint density at radius 3 is 2.50 bits per heavy atom. The molecule has 1 heterocycles. The van der Waals surface area contributed by atoms with Crippen molar-refractivity contribution in [1.29, 1.82) is 0 Å². The number of halogens is 3. The molecule has 0 amide bonds. The fourth-order valence-electron chi connectivity index (χ4n) is 0.764. The van der Waals surface area contributed by atoms with Gasteiger partial charge in [-0.3, -0.25) is 4.98 Å². The highest BCUT2D eigenvalue weighted by Gasteiger charge is 2.33. The van der Waals surface area contributed by atoms with E-state index < -0.39 is 4.33 Å². The van der Waals surface area contributed by atoms with E-state index in [-0.39, 0.29) is 5.38 Å². The highest BCUT2D eigenvalue weighted by atomic mass is 35.5. The van der Waals surface area contributed by atoms with E-state index in [9.17, 15) is 0 Å². The van der Waals surface area contributed by atoms with Gasteiger partial charge in [0.2, 0.25) is 0 Å². The SMILES string of the molecule is CC(Cl)C(Cl)(Cl)c1ccccn1. The summed E-state index contributed by atoms with van der Waals surface area (Å²) in [5, 5.41) is -0.379. The molecular weight excluding hydrogens is 216 g/mol. The predicted molar refractivity (Wildman–Crippen MR) is 52.9 cm³/mol. The quantitative estimate of drug-likeness (QED) is 0.702. The molecule has 0 aliphatic rings. The number of hydrogen-bond acceptors (Lipinski definition) is 1. The Bertz CT molecular complexity index is 246. The molecule has 0 fully saturated rings. The van der Waals surface area contributed by atoms with Crippen molar-refractivity contribution in [3.8, 4) is 0 Å². The van der Waals surface area contributed by atoms with Gasteiger partial charge in [-0.05, 0) is 19.1 Å². The topological polar surface area (TPSA) is 12.9 Å². The summed E-state index contributed by atoms with van der Waals surface area (Å²) in [7, 11) is 0. The summed E-state index contributed by atoms with van der Waals surface area (Å²) in [6.07, 6.45) is 1.63. The van der Waals surface area contributed by atoms with E-state index in [4.69, 9.17) is 34.8 Å². The summed E-state index contributed by atoms with van der Waals surface area (Å²) in [4.78, 5) is 4.02. The molecule has 0 aromatic carbocycles. The van der Waals surface area contributed by atoms with Crippen molar-refractivity contribution < 1.29 is 0 Å². The lowest BCUT2D eigenvalue weighted by atomic mass is 10.2. The molecule has 1 rings (SSSR count). The number of hydrogen-bond donors (Lipinski definition) is 0. The Morgan fingerprint density at radius 2 is 2.08 bits per heavy atom. The molecule has 1 unspecified atom stereocenters. The summed E-state index contributed by atoms with van der Waals surface area (Å²) < 4.78 is -1.11. The zero-order chi connectivity index (χ0) is 9.19. The third kappa shape index (κ3) is 2.03. The van der Waals surface area contributed by atoms with Crippen LogP contribution in [0, 0.1) is 0 Å². The van der Waals surface area contributed by atoms with Crippen LogP contribution in [0.5, 0.6) is 0 Å². The fourth-order valence-corrected chi connectivity index (χ4v) is 1.10. The molecule has 0 aliphatic carbocycles. The first-order chi connectivity index (χ1) is 5.55. The summed E-state index contributed by atoms with van der Waals surface area (Å²) in [5.41, 5.74) is 0.579. The maximum Gasteiger partial charge on any atom is 0.175 e. The first-order valence-corrected chi connectivity index (χ1v) is 4.68. The minimum Gasteiger partial charge on any atom is -0.258 e. The normalized spacial score (nSPS) is 14.3. The zero-order valence-electron chi connectivity index (χ0n) is 6.47. The maximum absolute atomic E-state index is 5.97. The van der Waals surface area contributed by atoms with Crippen molar-refractivity contribution in [2.45, 2.75) is 16.6 Å². The van der Waals surface area contributed by atoms with Gasteiger partial charge < -0.3 is 0 Å². The van der Waals surface area contributed by atoms with Gasteiger partial charge in [-0.15, -0.1) is 11.6 Å². The number of rotatable bonds is 2. The maximum atomic E-state index is 5.97. The van der Waals surface area contributed by atoms with Gasteiger partial charge in [-0.2, -0.15) is 0 Å². The standard InChI is InChI=1S/C8H8Cl3N/c1-6(9)8(10,11)7-4-2-3-5-12-7/h2-6H,1H3. The first-order valence-electron chi connectivity index (χ1n) is 3.48. The number of pyridine rings is 1. The van der Waals surface area contributed by atoms with Crippen LogP contribution in [-0.2, 0) is 4.33 Å². The van der Waals surface area contributed by atoms with Crippen LogP contribution >= 0.6 is 34.8 Å². The molecule has 1 nitrogen and oxygen atoms in total. The Hall–Kier alpha value is 0.0200. The first kappa shape index (κ1) is 10.1. The lowest BCUT2D eigenvalue weighted by molar-refractivity contribution is 0.782. The summed E-state index contributed by atoms with van der Waals surface area (Å²) >= 11 is 17.7. The second-order valence-corrected chi connectivity index (χ2v) is 4.49. The van der Waals surface area contributed by atoms with Gasteiger partial charge in [0.15, 0.2) is 4.33 Å². The highest BCUT2D eigenvalue weighted by Crippen LogP contribution is 2.38. The van der Waals surface area contributed by atoms with Crippen molar-refractivity contribution in [2.75, 3.05) is 0 Å². The van der Waals surface area contributed by atoms with E-state index in [0.717, 1.165) is 0 Å². The number of alkyl halides is 3. The average molecular weight is 225 g/mol. The van der Waals surface area contributed by atoms with Crippen molar-refractivity contribution >= 4 is 34.8 Å². The lowest BCUT2D eigenvalue weighted by Crippen LogP contribution is -2.22. The van der Waals surface area contributed by atoms with E-state index in [1.165, 1.54) is 0 Å². The Balaban J connectivity index is 2.98. The molecule has 0 radical (unpaired) electrons. The van der Waals surface area contributed by atoms with Gasteiger partial charge in [0, 0.05) is 6.20 Å². The van der Waals surface area contributed by atoms with Gasteiger partial charge in [-0.25, -0.2) is 0 Å². The van der Waals surface area contributed by atoms with Gasteiger partial charge >= 0.3 is 0 Å². The molecule has 0 aliphatic heterocycles. The Kier molecular flexibility index (Phi) is 3.22. The Labute approximate surface area is 86.7 Å². The molecule has 1 aromatic heterocycles. The smallest absolute Gasteiger partial charge is 0.175 e. The number of nitrogens with zero attached hydrogens (tertiary/aromatic N) is 1. The summed E-state index contributed by atoms with van der Waals surface area (Å²) in [6.45, 7) is 1.73. The third-order valence-electron chi connectivity index (χ3n) is 1.51. The summed E-state index contributed by atoms with van der Waals surface area (Å²) in [5.74, 6) is 0. The number of aromatic nitrogens is 1. The van der Waals surface area contributed by atoms with Gasteiger partial charge in [0.05, 0.1) is 11.1 Å². The lowest BCUT2D eigenvalue weighted by Gasteiger charge is -2.20. The molecule has 0 spiro atoms. The average Bonchev–Trinajstić information content (AvgIpc) is 2.06. The molecule has 0 bridgehead atoms. The van der Waals surface area contributed by atoms with Gasteiger partial charge in [0.1, 0.15) is 0 Å². The third-order valence-corrected chi connectivity index (χ3v) is 3.10. The van der Waals surface area contributed by atoms with Crippen LogP contribution < -0.4 is 0 Å². The molecule has 0 saturated carbocycles. The molecule has 4 heteroatoms. The largest absolute Gasteiger partial charge is 0.258 e. The summed E-state index contributed by atoms with van der Waals surface area (Å²) in [6, 6.07) is 5.37. The van der Waals surface area contributed by atoms with Crippen molar-refractivity contribution in [3.63, 3.8) is 0 Å². The Morgan fingerprint density at radius 1 is 1.42 bits per heavy atom. The zero-order valence-corrected chi connectivity index (χ0v) is 8.74. The molecule has 0 N–H and O–H groups in total. The monoisotopic (exact) mass is 223 g/mol. The predicted octanol–water partition coefficient (Wildman–Crippen LogP) is 3.34. The van der Waals surface area contributed by atoms with Gasteiger partial charge in [0.25, 0.3) is 0 Å². The van der Waals surface area contributed by atoms with Crippen LogP contribution in [0.15, 0.2) is 24.4 Å². The second-order valence-electron chi connectivity index (χ2n) is 2.45. The fraction of sp³-hybridized carbons (Fsp3) is 0.375. The molecule has 1 atom stereocenters. The molecule has 12 heavy (non-hydrogen) atoms. The van der Waals surface area contributed by atoms with E-state index in [2.05, 4.69) is 4.98 Å². The molecule has 66 valence electrons. The minimum atomic E-state index is -1.11. The van der Waals surface area contributed by atoms with Crippen molar-refractivity contribution in [1.82, 2.24) is 4.98 Å². The van der Waals surface area contributed by atoms with Crippen LogP contribution in [0.1, 0.15) is 12.6 Å². The van der Waals surface area contributed by atoms with Crippen LogP contribution in [0.25, 0.3) is 0 Å². The van der Waals surface area contributed by atoms with Crippen LogP contribution in [0.4, 0.5) is 0 Å². The molecule has 1 aromatic rings.